The van der Waals surface area contributed by atoms with Crippen molar-refractivity contribution in [2.24, 2.45) is 0 Å². The first-order valence-electron chi connectivity index (χ1n) is 7.31. The Morgan fingerprint density at radius 1 is 1.12 bits per heavy atom. The number of hydrogen-bond acceptors (Lipinski definition) is 6. The summed E-state index contributed by atoms with van der Waals surface area (Å²) in [5.41, 5.74) is 1.61. The Balaban J connectivity index is 1.56. The number of hydrogen-bond donors (Lipinski definition) is 1. The number of carbonyl (C=O) groups excluding carboxylic acids is 1. The Hall–Kier alpha value is -1.38. The third kappa shape index (κ3) is 5.31. The number of pyridine rings is 1. The van der Waals surface area contributed by atoms with E-state index in [1.165, 1.54) is 23.1 Å². The molecule has 0 aliphatic rings. The van der Waals surface area contributed by atoms with Crippen LogP contribution in [0.5, 0.6) is 0 Å². The Morgan fingerprint density at radius 2 is 1.88 bits per heavy atom. The van der Waals surface area contributed by atoms with Gasteiger partial charge in [-0.15, -0.1) is 10.2 Å². The van der Waals surface area contributed by atoms with E-state index in [1.54, 1.807) is 36.5 Å². The van der Waals surface area contributed by atoms with Crippen LogP contribution in [0, 0.1) is 0 Å². The van der Waals surface area contributed by atoms with Crippen molar-refractivity contribution in [3.05, 3.63) is 62.9 Å². The van der Waals surface area contributed by atoms with E-state index in [-0.39, 0.29) is 12.3 Å². The summed E-state index contributed by atoms with van der Waals surface area (Å²) in [4.78, 5) is 16.0. The molecule has 10 heteroatoms. The molecule has 0 spiro atoms. The quantitative estimate of drug-likeness (QED) is 0.314. The fourth-order valence-electron chi connectivity index (χ4n) is 1.98. The fraction of sp³-hybridized carbons (Fsp3) is 0.125. The third-order valence-corrected chi connectivity index (χ3v) is 6.14. The van der Waals surface area contributed by atoms with Crippen LogP contribution in [-0.2, 0) is 17.0 Å². The highest BCUT2D eigenvalue weighted by molar-refractivity contribution is 8.00. The van der Waals surface area contributed by atoms with Crippen molar-refractivity contribution in [3.8, 4) is 0 Å². The molecular formula is C16H11Cl3N4OS2. The molecule has 0 radical (unpaired) electrons. The minimum atomic E-state index is -0.198. The summed E-state index contributed by atoms with van der Waals surface area (Å²) in [6.45, 7) is 0. The van der Waals surface area contributed by atoms with E-state index in [4.69, 9.17) is 34.8 Å². The zero-order valence-electron chi connectivity index (χ0n) is 13.1. The minimum Gasteiger partial charge on any atom is -0.300 e. The van der Waals surface area contributed by atoms with Gasteiger partial charge in [0.05, 0.1) is 6.42 Å². The molecule has 0 saturated carbocycles. The SMILES string of the molecule is O=C(Cc1ccc(Cl)nc1)Nc1nnc(SCc2c(Cl)cccc2Cl)s1. The van der Waals surface area contributed by atoms with Gasteiger partial charge in [0, 0.05) is 22.0 Å². The van der Waals surface area contributed by atoms with E-state index in [0.717, 1.165) is 11.1 Å². The van der Waals surface area contributed by atoms with Crippen LogP contribution < -0.4 is 5.32 Å². The van der Waals surface area contributed by atoms with Gasteiger partial charge in [-0.05, 0) is 29.3 Å². The molecule has 5 nitrogen and oxygen atoms in total. The number of aromatic nitrogens is 3. The van der Waals surface area contributed by atoms with Crippen LogP contribution >= 0.6 is 57.9 Å². The molecule has 1 amide bonds. The lowest BCUT2D eigenvalue weighted by atomic mass is 10.2. The Kier molecular flexibility index (Phi) is 6.72. The van der Waals surface area contributed by atoms with E-state index in [1.807, 2.05) is 0 Å². The topological polar surface area (TPSA) is 67.8 Å². The summed E-state index contributed by atoms with van der Waals surface area (Å²) < 4.78 is 0.712. The molecule has 2 aromatic heterocycles. The lowest BCUT2D eigenvalue weighted by Crippen LogP contribution is -2.14. The average molecular weight is 446 g/mol. The molecule has 0 saturated heterocycles. The second kappa shape index (κ2) is 9.01. The molecule has 134 valence electrons. The van der Waals surface area contributed by atoms with Gasteiger partial charge in [-0.25, -0.2) is 4.98 Å². The number of anilines is 1. The summed E-state index contributed by atoms with van der Waals surface area (Å²) in [5, 5.41) is 12.8. The summed E-state index contributed by atoms with van der Waals surface area (Å²) >= 11 is 20.8. The first-order chi connectivity index (χ1) is 12.5. The summed E-state index contributed by atoms with van der Waals surface area (Å²) in [6.07, 6.45) is 1.75. The van der Waals surface area contributed by atoms with Crippen molar-refractivity contribution in [2.75, 3.05) is 5.32 Å². The molecule has 3 rings (SSSR count). The number of amides is 1. The van der Waals surface area contributed by atoms with Crippen LogP contribution in [0.1, 0.15) is 11.1 Å². The number of nitrogens with one attached hydrogen (secondary N) is 1. The van der Waals surface area contributed by atoms with E-state index in [9.17, 15) is 4.79 Å². The smallest absolute Gasteiger partial charge is 0.230 e. The first-order valence-corrected chi connectivity index (χ1v) is 10.2. The zero-order valence-corrected chi connectivity index (χ0v) is 17.0. The highest BCUT2D eigenvalue weighted by Crippen LogP contribution is 2.33. The van der Waals surface area contributed by atoms with Crippen molar-refractivity contribution in [2.45, 2.75) is 16.5 Å². The summed E-state index contributed by atoms with van der Waals surface area (Å²) in [7, 11) is 0. The van der Waals surface area contributed by atoms with Gasteiger partial charge in [0.2, 0.25) is 11.0 Å². The molecule has 0 bridgehead atoms. The number of rotatable bonds is 6. The normalized spacial score (nSPS) is 10.7. The van der Waals surface area contributed by atoms with Crippen LogP contribution in [-0.4, -0.2) is 21.1 Å². The second-order valence-corrected chi connectivity index (χ2v) is 8.48. The molecule has 2 heterocycles. The molecule has 26 heavy (non-hydrogen) atoms. The number of nitrogens with zero attached hydrogens (tertiary/aromatic N) is 3. The molecular weight excluding hydrogens is 435 g/mol. The molecule has 0 fully saturated rings. The molecule has 0 aliphatic carbocycles. The van der Waals surface area contributed by atoms with Gasteiger partial charge in [0.25, 0.3) is 0 Å². The summed E-state index contributed by atoms with van der Waals surface area (Å²) in [5.74, 6) is 0.369. The van der Waals surface area contributed by atoms with Crippen LogP contribution in [0.4, 0.5) is 5.13 Å². The highest BCUT2D eigenvalue weighted by Gasteiger charge is 2.12. The van der Waals surface area contributed by atoms with Crippen molar-refractivity contribution in [3.63, 3.8) is 0 Å². The van der Waals surface area contributed by atoms with Crippen molar-refractivity contribution in [1.82, 2.24) is 15.2 Å². The Bertz CT molecular complexity index is 898. The van der Waals surface area contributed by atoms with Crippen LogP contribution in [0.3, 0.4) is 0 Å². The van der Waals surface area contributed by atoms with Gasteiger partial charge in [-0.1, -0.05) is 70.0 Å². The average Bonchev–Trinajstić information content (AvgIpc) is 3.04. The van der Waals surface area contributed by atoms with Crippen LogP contribution in [0.15, 0.2) is 40.9 Å². The maximum atomic E-state index is 12.1. The standard InChI is InChI=1S/C16H11Cl3N4OS2/c17-11-2-1-3-12(18)10(11)8-25-16-23-22-15(26-16)21-14(24)6-9-4-5-13(19)20-7-9/h1-5,7H,6,8H2,(H,21,22,24). The highest BCUT2D eigenvalue weighted by atomic mass is 35.5. The van der Waals surface area contributed by atoms with Gasteiger partial charge in [0.1, 0.15) is 5.15 Å². The third-order valence-electron chi connectivity index (χ3n) is 3.21. The second-order valence-electron chi connectivity index (χ2n) is 5.08. The number of halogens is 3. The minimum absolute atomic E-state index is 0.182. The van der Waals surface area contributed by atoms with Gasteiger partial charge >= 0.3 is 0 Å². The lowest BCUT2D eigenvalue weighted by molar-refractivity contribution is -0.115. The Morgan fingerprint density at radius 3 is 2.58 bits per heavy atom. The van der Waals surface area contributed by atoms with Gasteiger partial charge in [-0.2, -0.15) is 0 Å². The van der Waals surface area contributed by atoms with Crippen molar-refractivity contribution < 1.29 is 4.79 Å². The van der Waals surface area contributed by atoms with Crippen LogP contribution in [0.2, 0.25) is 15.2 Å². The summed E-state index contributed by atoms with van der Waals surface area (Å²) in [6, 6.07) is 8.78. The monoisotopic (exact) mass is 444 g/mol. The molecule has 0 aliphatic heterocycles. The van der Waals surface area contributed by atoms with Crippen LogP contribution in [0.25, 0.3) is 0 Å². The van der Waals surface area contributed by atoms with Crippen molar-refractivity contribution >= 4 is 68.9 Å². The predicted molar refractivity (Wildman–Crippen MR) is 108 cm³/mol. The number of benzene rings is 1. The largest absolute Gasteiger partial charge is 0.300 e. The maximum absolute atomic E-state index is 12.1. The first kappa shape index (κ1) is 19.4. The van der Waals surface area contributed by atoms with Gasteiger partial charge < -0.3 is 5.32 Å². The lowest BCUT2D eigenvalue weighted by Gasteiger charge is -2.04. The van der Waals surface area contributed by atoms with Gasteiger partial charge in [-0.3, -0.25) is 4.79 Å². The fourth-order valence-corrected chi connectivity index (χ4v) is 4.60. The molecule has 1 N–H and O–H groups in total. The number of carbonyl (C=O) groups is 1. The Labute approximate surface area is 173 Å². The van der Waals surface area contributed by atoms with E-state index in [2.05, 4.69) is 20.5 Å². The molecule has 0 atom stereocenters. The van der Waals surface area contributed by atoms with E-state index < -0.39 is 0 Å². The molecule has 3 aromatic rings. The predicted octanol–water partition coefficient (Wildman–Crippen LogP) is 5.37. The van der Waals surface area contributed by atoms with E-state index >= 15 is 0 Å². The van der Waals surface area contributed by atoms with Gasteiger partial charge in [0.15, 0.2) is 4.34 Å². The number of thioether (sulfide) groups is 1. The van der Waals surface area contributed by atoms with E-state index in [0.29, 0.717) is 30.4 Å². The molecule has 1 aromatic carbocycles. The zero-order chi connectivity index (χ0) is 18.5. The van der Waals surface area contributed by atoms with Crippen molar-refractivity contribution in [1.29, 1.82) is 0 Å². The molecule has 0 unspecified atom stereocenters. The maximum Gasteiger partial charge on any atom is 0.230 e.